The molecule has 1 N–H and O–H groups in total. The summed E-state index contributed by atoms with van der Waals surface area (Å²) in [6.07, 6.45) is 1.40. The molecular formula is C19H28ClN5O3. The average Bonchev–Trinajstić information content (AvgIpc) is 2.60. The molecular weight excluding hydrogens is 382 g/mol. The van der Waals surface area contributed by atoms with Crippen molar-refractivity contribution in [3.63, 3.8) is 0 Å². The van der Waals surface area contributed by atoms with E-state index in [0.717, 1.165) is 0 Å². The smallest absolute Gasteiger partial charge is 0.255 e. The SMILES string of the molecule is CN(CC(=O)N1CCN(CC(=O)NC(C)(C)C)CC1)C(=O)c1ccc(Cl)nc1. The normalized spacial score (nSPS) is 15.2. The Morgan fingerprint density at radius 3 is 2.36 bits per heavy atom. The fourth-order valence-electron chi connectivity index (χ4n) is 2.91. The van der Waals surface area contributed by atoms with Crippen LogP contribution in [0.3, 0.4) is 0 Å². The van der Waals surface area contributed by atoms with Crippen LogP contribution in [0.1, 0.15) is 31.1 Å². The number of hydrogen-bond donors (Lipinski definition) is 1. The number of likely N-dealkylation sites (N-methyl/N-ethyl adjacent to an activating group) is 1. The molecule has 0 bridgehead atoms. The van der Waals surface area contributed by atoms with Gasteiger partial charge in [0, 0.05) is 45.0 Å². The highest BCUT2D eigenvalue weighted by molar-refractivity contribution is 6.29. The maximum Gasteiger partial charge on any atom is 0.255 e. The van der Waals surface area contributed by atoms with E-state index in [1.54, 1.807) is 24.1 Å². The lowest BCUT2D eigenvalue weighted by atomic mass is 10.1. The zero-order chi connectivity index (χ0) is 20.9. The first-order valence-electron chi connectivity index (χ1n) is 9.23. The second-order valence-corrected chi connectivity index (χ2v) is 8.37. The maximum absolute atomic E-state index is 12.5. The summed E-state index contributed by atoms with van der Waals surface area (Å²) in [5.41, 5.74) is 0.125. The topological polar surface area (TPSA) is 85.9 Å². The number of rotatable bonds is 5. The van der Waals surface area contributed by atoms with Crippen LogP contribution >= 0.6 is 11.6 Å². The summed E-state index contributed by atoms with van der Waals surface area (Å²) in [6.45, 7) is 8.47. The summed E-state index contributed by atoms with van der Waals surface area (Å²) in [5, 5.41) is 3.25. The lowest BCUT2D eigenvalue weighted by Gasteiger charge is -2.35. The molecule has 2 heterocycles. The van der Waals surface area contributed by atoms with Crippen molar-refractivity contribution >= 4 is 29.3 Å². The minimum Gasteiger partial charge on any atom is -0.350 e. The highest BCUT2D eigenvalue weighted by Crippen LogP contribution is 2.09. The Bertz CT molecular complexity index is 709. The molecule has 0 aliphatic carbocycles. The molecule has 154 valence electrons. The van der Waals surface area contributed by atoms with E-state index >= 15 is 0 Å². The third-order valence-electron chi connectivity index (χ3n) is 4.30. The highest BCUT2D eigenvalue weighted by atomic mass is 35.5. The van der Waals surface area contributed by atoms with Gasteiger partial charge in [-0.2, -0.15) is 0 Å². The first-order chi connectivity index (χ1) is 13.0. The van der Waals surface area contributed by atoms with Crippen molar-refractivity contribution in [3.05, 3.63) is 29.0 Å². The van der Waals surface area contributed by atoms with Gasteiger partial charge in [0.05, 0.1) is 18.7 Å². The third kappa shape index (κ3) is 6.76. The van der Waals surface area contributed by atoms with E-state index in [0.29, 0.717) is 43.4 Å². The van der Waals surface area contributed by atoms with Gasteiger partial charge in [0.25, 0.3) is 5.91 Å². The van der Waals surface area contributed by atoms with E-state index < -0.39 is 0 Å². The zero-order valence-electron chi connectivity index (χ0n) is 16.9. The van der Waals surface area contributed by atoms with Crippen LogP contribution in [0.15, 0.2) is 18.3 Å². The Balaban J connectivity index is 1.79. The van der Waals surface area contributed by atoms with Gasteiger partial charge in [-0.15, -0.1) is 0 Å². The maximum atomic E-state index is 12.5. The minimum absolute atomic E-state index is 0.00797. The molecule has 1 aliphatic rings. The van der Waals surface area contributed by atoms with E-state index in [4.69, 9.17) is 11.6 Å². The van der Waals surface area contributed by atoms with Crippen LogP contribution in [0.2, 0.25) is 5.15 Å². The van der Waals surface area contributed by atoms with Gasteiger partial charge in [-0.05, 0) is 32.9 Å². The fourth-order valence-corrected chi connectivity index (χ4v) is 3.03. The van der Waals surface area contributed by atoms with Crippen molar-refractivity contribution < 1.29 is 14.4 Å². The number of carbonyl (C=O) groups excluding carboxylic acids is 3. The number of nitrogens with zero attached hydrogens (tertiary/aromatic N) is 4. The molecule has 0 saturated carbocycles. The monoisotopic (exact) mass is 409 g/mol. The molecule has 0 radical (unpaired) electrons. The predicted molar refractivity (Wildman–Crippen MR) is 107 cm³/mol. The molecule has 0 unspecified atom stereocenters. The highest BCUT2D eigenvalue weighted by Gasteiger charge is 2.25. The van der Waals surface area contributed by atoms with Crippen LogP contribution in [0, 0.1) is 0 Å². The number of nitrogens with one attached hydrogen (secondary N) is 1. The summed E-state index contributed by atoms with van der Waals surface area (Å²) in [4.78, 5) is 45.9. The molecule has 3 amide bonds. The summed E-state index contributed by atoms with van der Waals surface area (Å²) >= 11 is 5.73. The van der Waals surface area contributed by atoms with Crippen molar-refractivity contribution in [2.45, 2.75) is 26.3 Å². The van der Waals surface area contributed by atoms with E-state index in [1.807, 2.05) is 25.7 Å². The number of halogens is 1. The van der Waals surface area contributed by atoms with Crippen LogP contribution in [-0.4, -0.2) is 89.3 Å². The number of aromatic nitrogens is 1. The molecule has 28 heavy (non-hydrogen) atoms. The number of hydrogen-bond acceptors (Lipinski definition) is 5. The van der Waals surface area contributed by atoms with Crippen LogP contribution in [-0.2, 0) is 9.59 Å². The molecule has 0 spiro atoms. The summed E-state index contributed by atoms with van der Waals surface area (Å²) in [6, 6.07) is 3.12. The Morgan fingerprint density at radius 1 is 1.18 bits per heavy atom. The Kier molecular flexibility index (Phi) is 7.37. The predicted octanol–water partition coefficient (Wildman–Crippen LogP) is 0.866. The fraction of sp³-hybridized carbons (Fsp3) is 0.579. The van der Waals surface area contributed by atoms with Crippen LogP contribution in [0.5, 0.6) is 0 Å². The van der Waals surface area contributed by atoms with E-state index in [-0.39, 0.29) is 29.8 Å². The van der Waals surface area contributed by atoms with Gasteiger partial charge in [0.2, 0.25) is 11.8 Å². The average molecular weight is 410 g/mol. The number of piperazine rings is 1. The van der Waals surface area contributed by atoms with E-state index in [2.05, 4.69) is 10.3 Å². The van der Waals surface area contributed by atoms with Crippen molar-refractivity contribution in [1.82, 2.24) is 25.0 Å². The van der Waals surface area contributed by atoms with Crippen molar-refractivity contribution in [2.75, 3.05) is 46.3 Å². The molecule has 1 aliphatic heterocycles. The molecule has 1 aromatic heterocycles. The van der Waals surface area contributed by atoms with Crippen LogP contribution in [0.25, 0.3) is 0 Å². The lowest BCUT2D eigenvalue weighted by Crippen LogP contribution is -2.54. The van der Waals surface area contributed by atoms with Crippen molar-refractivity contribution in [3.8, 4) is 0 Å². The molecule has 1 fully saturated rings. The third-order valence-corrected chi connectivity index (χ3v) is 4.52. The van der Waals surface area contributed by atoms with E-state index in [1.165, 1.54) is 11.1 Å². The zero-order valence-corrected chi connectivity index (χ0v) is 17.6. The first-order valence-corrected chi connectivity index (χ1v) is 9.61. The van der Waals surface area contributed by atoms with Gasteiger partial charge >= 0.3 is 0 Å². The van der Waals surface area contributed by atoms with Gasteiger partial charge in [-0.3, -0.25) is 19.3 Å². The van der Waals surface area contributed by atoms with Gasteiger partial charge in [-0.1, -0.05) is 11.6 Å². The van der Waals surface area contributed by atoms with Crippen LogP contribution < -0.4 is 5.32 Å². The molecule has 0 aromatic carbocycles. The quantitative estimate of drug-likeness (QED) is 0.729. The molecule has 9 heteroatoms. The second-order valence-electron chi connectivity index (χ2n) is 7.99. The van der Waals surface area contributed by atoms with Gasteiger partial charge in [0.1, 0.15) is 5.15 Å². The minimum atomic E-state index is -0.282. The lowest BCUT2D eigenvalue weighted by molar-refractivity contribution is -0.133. The Hall–Kier alpha value is -2.19. The van der Waals surface area contributed by atoms with Gasteiger partial charge < -0.3 is 15.1 Å². The molecule has 8 nitrogen and oxygen atoms in total. The summed E-state index contributed by atoms with van der Waals surface area (Å²) in [5.74, 6) is -0.416. The Morgan fingerprint density at radius 2 is 1.82 bits per heavy atom. The molecule has 0 atom stereocenters. The van der Waals surface area contributed by atoms with Crippen molar-refractivity contribution in [1.29, 1.82) is 0 Å². The number of pyridine rings is 1. The number of carbonyl (C=O) groups is 3. The molecule has 1 aromatic rings. The van der Waals surface area contributed by atoms with Crippen molar-refractivity contribution in [2.24, 2.45) is 0 Å². The molecule has 1 saturated heterocycles. The first kappa shape index (κ1) is 22.1. The summed E-state index contributed by atoms with van der Waals surface area (Å²) in [7, 11) is 1.59. The van der Waals surface area contributed by atoms with Crippen LogP contribution in [0.4, 0.5) is 0 Å². The summed E-state index contributed by atoms with van der Waals surface area (Å²) < 4.78 is 0. The number of amides is 3. The Labute approximate surface area is 170 Å². The van der Waals surface area contributed by atoms with Gasteiger partial charge in [-0.25, -0.2) is 4.98 Å². The standard InChI is InChI=1S/C19H28ClN5O3/c1-19(2,3)22-16(26)12-24-7-9-25(10-8-24)17(27)13-23(4)18(28)14-5-6-15(20)21-11-14/h5-6,11H,7-10,12-13H2,1-4H3,(H,22,26). The largest absolute Gasteiger partial charge is 0.350 e. The van der Waals surface area contributed by atoms with Gasteiger partial charge in [0.15, 0.2) is 0 Å². The van der Waals surface area contributed by atoms with E-state index in [9.17, 15) is 14.4 Å². The molecule has 2 rings (SSSR count). The second kappa shape index (κ2) is 9.34.